The van der Waals surface area contributed by atoms with Gasteiger partial charge in [-0.25, -0.2) is 0 Å². The molecule has 3 nitrogen and oxygen atoms in total. The quantitative estimate of drug-likeness (QED) is 0.455. The smallest absolute Gasteiger partial charge is 0.380 e. The maximum absolute atomic E-state index is 13.0. The number of alkyl halides is 3. The van der Waals surface area contributed by atoms with Crippen LogP contribution < -0.4 is 5.32 Å². The van der Waals surface area contributed by atoms with Crippen LogP contribution in [0.15, 0.2) is 84.9 Å². The molecule has 0 aromatic heterocycles. The molecule has 172 valence electrons. The van der Waals surface area contributed by atoms with Gasteiger partial charge in [-0.3, -0.25) is 0 Å². The molecule has 1 heterocycles. The molecule has 3 aromatic carbocycles. The average molecular weight is 471 g/mol. The Morgan fingerprint density at radius 3 is 1.85 bits per heavy atom. The molecule has 0 atom stereocenters. The number of halogens is 3. The third-order valence-electron chi connectivity index (χ3n) is 6.24. The molecule has 0 bridgehead atoms. The van der Waals surface area contributed by atoms with Crippen molar-refractivity contribution in [3.8, 4) is 0 Å². The summed E-state index contributed by atoms with van der Waals surface area (Å²) in [4.78, 5) is 1.95. The fourth-order valence-electron chi connectivity index (χ4n) is 4.50. The molecule has 0 aliphatic carbocycles. The van der Waals surface area contributed by atoms with Gasteiger partial charge in [0.25, 0.3) is 0 Å². The van der Waals surface area contributed by atoms with Crippen molar-refractivity contribution in [1.29, 1.82) is 0 Å². The number of thiocarbonyl (C=S) groups is 1. The standard InChI is InChI=1S/C26H25F3N2OS/c27-26(28,29)22-12-7-13-23(18-22)30-24(33)31-16-14-21(15-17-31)25(32,19-8-3-1-4-9-19)20-10-5-2-6-11-20/h1-13,18,21,32H,14-17H2,(H,30,33). The SMILES string of the molecule is OC(c1ccccc1)(c1ccccc1)C1CCN(C(=S)Nc2cccc(C(F)(F)F)c2)CC1. The van der Waals surface area contributed by atoms with Crippen molar-refractivity contribution < 1.29 is 18.3 Å². The highest BCUT2D eigenvalue weighted by atomic mass is 32.1. The van der Waals surface area contributed by atoms with E-state index in [0.29, 0.717) is 36.7 Å². The summed E-state index contributed by atoms with van der Waals surface area (Å²) in [5.74, 6) is -0.0325. The van der Waals surface area contributed by atoms with Crippen molar-refractivity contribution in [1.82, 2.24) is 4.90 Å². The molecule has 0 spiro atoms. The lowest BCUT2D eigenvalue weighted by atomic mass is 9.72. The average Bonchev–Trinajstić information content (AvgIpc) is 2.84. The Balaban J connectivity index is 1.48. The molecular formula is C26H25F3N2OS. The minimum absolute atomic E-state index is 0.0325. The fourth-order valence-corrected chi connectivity index (χ4v) is 4.80. The van der Waals surface area contributed by atoms with Crippen LogP contribution in [0.2, 0.25) is 0 Å². The first-order chi connectivity index (χ1) is 15.8. The molecule has 1 aliphatic heterocycles. The third-order valence-corrected chi connectivity index (χ3v) is 6.60. The number of hydrogen-bond donors (Lipinski definition) is 2. The van der Waals surface area contributed by atoms with Crippen LogP contribution in [-0.2, 0) is 11.8 Å². The van der Waals surface area contributed by atoms with Crippen LogP contribution in [0.5, 0.6) is 0 Å². The molecule has 1 fully saturated rings. The Morgan fingerprint density at radius 1 is 0.818 bits per heavy atom. The number of benzene rings is 3. The molecule has 4 rings (SSSR count). The lowest BCUT2D eigenvalue weighted by Crippen LogP contribution is -2.47. The van der Waals surface area contributed by atoms with Crippen LogP contribution in [0, 0.1) is 5.92 Å². The van der Waals surface area contributed by atoms with Crippen LogP contribution >= 0.6 is 12.2 Å². The first-order valence-electron chi connectivity index (χ1n) is 10.8. The molecule has 0 unspecified atom stereocenters. The summed E-state index contributed by atoms with van der Waals surface area (Å²) in [6, 6.07) is 24.3. The summed E-state index contributed by atoms with van der Waals surface area (Å²) in [7, 11) is 0. The second-order valence-corrected chi connectivity index (χ2v) is 8.66. The highest BCUT2D eigenvalue weighted by molar-refractivity contribution is 7.80. The third kappa shape index (κ3) is 5.04. The minimum atomic E-state index is -4.41. The fraction of sp³-hybridized carbons (Fsp3) is 0.269. The van der Waals surface area contributed by atoms with Crippen LogP contribution in [0.4, 0.5) is 18.9 Å². The number of aliphatic hydroxyl groups is 1. The van der Waals surface area contributed by atoms with E-state index in [1.807, 2.05) is 65.6 Å². The summed E-state index contributed by atoms with van der Waals surface area (Å²) < 4.78 is 39.0. The minimum Gasteiger partial charge on any atom is -0.380 e. The molecule has 2 N–H and O–H groups in total. The molecule has 0 saturated carbocycles. The van der Waals surface area contributed by atoms with E-state index in [9.17, 15) is 18.3 Å². The molecule has 3 aromatic rings. The number of likely N-dealkylation sites (tertiary alicyclic amines) is 1. The molecular weight excluding hydrogens is 445 g/mol. The Hall–Kier alpha value is -2.90. The molecule has 0 radical (unpaired) electrons. The van der Waals surface area contributed by atoms with E-state index < -0.39 is 17.3 Å². The summed E-state index contributed by atoms with van der Waals surface area (Å²) in [6.45, 7) is 1.19. The normalized spacial score (nSPS) is 15.3. The van der Waals surface area contributed by atoms with Crippen LogP contribution in [-0.4, -0.2) is 28.2 Å². The lowest BCUT2D eigenvalue weighted by Gasteiger charge is -2.43. The van der Waals surface area contributed by atoms with Gasteiger partial charge < -0.3 is 15.3 Å². The van der Waals surface area contributed by atoms with Gasteiger partial charge in [-0.1, -0.05) is 66.7 Å². The highest BCUT2D eigenvalue weighted by Crippen LogP contribution is 2.42. The van der Waals surface area contributed by atoms with E-state index >= 15 is 0 Å². The Bertz CT molecular complexity index is 1040. The van der Waals surface area contributed by atoms with E-state index in [0.717, 1.165) is 23.3 Å². The van der Waals surface area contributed by atoms with Gasteiger partial charge in [0, 0.05) is 18.8 Å². The van der Waals surface area contributed by atoms with Crippen molar-refractivity contribution in [2.24, 2.45) is 5.92 Å². The molecule has 33 heavy (non-hydrogen) atoms. The van der Waals surface area contributed by atoms with E-state index in [2.05, 4.69) is 5.32 Å². The lowest BCUT2D eigenvalue weighted by molar-refractivity contribution is -0.137. The topological polar surface area (TPSA) is 35.5 Å². The monoisotopic (exact) mass is 470 g/mol. The summed E-state index contributed by atoms with van der Waals surface area (Å²) >= 11 is 5.48. The zero-order chi connectivity index (χ0) is 23.5. The largest absolute Gasteiger partial charge is 0.416 e. The van der Waals surface area contributed by atoms with E-state index in [-0.39, 0.29) is 5.92 Å². The van der Waals surface area contributed by atoms with Gasteiger partial charge in [-0.15, -0.1) is 0 Å². The number of piperidine rings is 1. The number of anilines is 1. The number of rotatable bonds is 4. The van der Waals surface area contributed by atoms with E-state index in [1.165, 1.54) is 6.07 Å². The van der Waals surface area contributed by atoms with Crippen molar-refractivity contribution in [3.05, 3.63) is 102 Å². The zero-order valence-electron chi connectivity index (χ0n) is 17.9. The van der Waals surface area contributed by atoms with Gasteiger partial charge in [0.1, 0.15) is 5.60 Å². The van der Waals surface area contributed by atoms with Gasteiger partial charge in [0.2, 0.25) is 0 Å². The maximum Gasteiger partial charge on any atom is 0.416 e. The molecule has 7 heteroatoms. The van der Waals surface area contributed by atoms with Crippen molar-refractivity contribution >= 4 is 23.0 Å². The predicted molar refractivity (Wildman–Crippen MR) is 128 cm³/mol. The Kier molecular flexibility index (Phi) is 6.72. The van der Waals surface area contributed by atoms with Crippen molar-refractivity contribution in [3.63, 3.8) is 0 Å². The van der Waals surface area contributed by atoms with Gasteiger partial charge in [0.15, 0.2) is 5.11 Å². The number of nitrogens with one attached hydrogen (secondary N) is 1. The predicted octanol–water partition coefficient (Wildman–Crippen LogP) is 6.05. The van der Waals surface area contributed by atoms with E-state index in [1.54, 1.807) is 6.07 Å². The Labute approximate surface area is 196 Å². The van der Waals surface area contributed by atoms with Gasteiger partial charge >= 0.3 is 6.18 Å². The second kappa shape index (κ2) is 9.53. The maximum atomic E-state index is 13.0. The number of nitrogens with zero attached hydrogens (tertiary/aromatic N) is 1. The summed E-state index contributed by atoms with van der Waals surface area (Å²) in [5, 5.41) is 15.3. The second-order valence-electron chi connectivity index (χ2n) is 8.27. The van der Waals surface area contributed by atoms with Crippen LogP contribution in [0.1, 0.15) is 29.5 Å². The van der Waals surface area contributed by atoms with Crippen molar-refractivity contribution in [2.75, 3.05) is 18.4 Å². The van der Waals surface area contributed by atoms with Crippen molar-refractivity contribution in [2.45, 2.75) is 24.6 Å². The first kappa shape index (κ1) is 23.3. The summed E-state index contributed by atoms with van der Waals surface area (Å²) in [5.41, 5.74) is 0.149. The molecule has 1 aliphatic rings. The van der Waals surface area contributed by atoms with Gasteiger partial charge in [0.05, 0.1) is 5.56 Å². The molecule has 1 saturated heterocycles. The zero-order valence-corrected chi connectivity index (χ0v) is 18.7. The van der Waals surface area contributed by atoms with Gasteiger partial charge in [-0.2, -0.15) is 13.2 Å². The first-order valence-corrected chi connectivity index (χ1v) is 11.3. The Morgan fingerprint density at radius 2 is 1.33 bits per heavy atom. The number of hydrogen-bond acceptors (Lipinski definition) is 2. The highest BCUT2D eigenvalue weighted by Gasteiger charge is 2.41. The van der Waals surface area contributed by atoms with Crippen LogP contribution in [0.25, 0.3) is 0 Å². The summed E-state index contributed by atoms with van der Waals surface area (Å²) in [6.07, 6.45) is -3.04. The molecule has 0 amide bonds. The van der Waals surface area contributed by atoms with E-state index in [4.69, 9.17) is 12.2 Å². The van der Waals surface area contributed by atoms with Crippen LogP contribution in [0.3, 0.4) is 0 Å². The van der Waals surface area contributed by atoms with Gasteiger partial charge in [-0.05, 0) is 60.3 Å².